The van der Waals surface area contributed by atoms with Crippen molar-refractivity contribution in [2.45, 2.75) is 13.5 Å². The van der Waals surface area contributed by atoms with Gasteiger partial charge in [-0.3, -0.25) is 4.68 Å². The summed E-state index contributed by atoms with van der Waals surface area (Å²) in [6.07, 6.45) is 0. The molecule has 0 saturated carbocycles. The topological polar surface area (TPSA) is 70.1 Å². The van der Waals surface area contributed by atoms with E-state index < -0.39 is 5.97 Å². The maximum Gasteiger partial charge on any atom is 0.359 e. The Balaban J connectivity index is 2.13. The minimum atomic E-state index is -0.524. The molecule has 7 heteroatoms. The van der Waals surface area contributed by atoms with Crippen LogP contribution in [0.25, 0.3) is 0 Å². The smallest absolute Gasteiger partial charge is 0.359 e. The molecular weight excluding hydrogens is 346 g/mol. The van der Waals surface area contributed by atoms with Gasteiger partial charge >= 0.3 is 5.97 Å². The highest BCUT2D eigenvalue weighted by atomic mass is 79.9. The third kappa shape index (κ3) is 2.96. The van der Waals surface area contributed by atoms with E-state index in [1.807, 2.05) is 6.07 Å². The molecule has 0 saturated heterocycles. The molecule has 0 radical (unpaired) electrons. The summed E-state index contributed by atoms with van der Waals surface area (Å²) in [6, 6.07) is 5.36. The third-order valence-electron chi connectivity index (χ3n) is 2.84. The van der Waals surface area contributed by atoms with Crippen LogP contribution in [0.3, 0.4) is 0 Å². The van der Waals surface area contributed by atoms with Crippen molar-refractivity contribution in [1.29, 1.82) is 0 Å². The zero-order valence-electron chi connectivity index (χ0n) is 11.0. The molecule has 5 nitrogen and oxygen atoms in total. The van der Waals surface area contributed by atoms with E-state index >= 15 is 0 Å². The maximum atomic E-state index is 12.0. The average Bonchev–Trinajstić information content (AvgIpc) is 2.62. The van der Waals surface area contributed by atoms with Gasteiger partial charge in [-0.2, -0.15) is 5.10 Å². The summed E-state index contributed by atoms with van der Waals surface area (Å²) in [5, 5.41) is 4.60. The van der Waals surface area contributed by atoms with E-state index in [9.17, 15) is 4.79 Å². The number of hydrogen-bond acceptors (Lipinski definition) is 4. The first-order valence-electron chi connectivity index (χ1n) is 5.80. The predicted molar refractivity (Wildman–Crippen MR) is 80.6 cm³/mol. The number of ether oxygens (including phenoxy) is 1. The normalized spacial score (nSPS) is 10.6. The van der Waals surface area contributed by atoms with Gasteiger partial charge in [-0.1, -0.05) is 33.6 Å². The van der Waals surface area contributed by atoms with Crippen LogP contribution in [0.4, 0.5) is 5.69 Å². The van der Waals surface area contributed by atoms with Crippen LogP contribution in [0, 0.1) is 6.92 Å². The molecule has 2 rings (SSSR count). The maximum absolute atomic E-state index is 12.0. The molecule has 0 spiro atoms. The van der Waals surface area contributed by atoms with Crippen molar-refractivity contribution >= 4 is 39.2 Å². The van der Waals surface area contributed by atoms with Gasteiger partial charge in [0.1, 0.15) is 6.61 Å². The Bertz CT molecular complexity index is 670. The second-order valence-electron chi connectivity index (χ2n) is 4.28. The molecule has 0 aliphatic heterocycles. The summed E-state index contributed by atoms with van der Waals surface area (Å²) in [5.41, 5.74) is 7.71. The lowest BCUT2D eigenvalue weighted by Gasteiger charge is -2.07. The molecule has 0 bridgehead atoms. The number of rotatable bonds is 3. The highest BCUT2D eigenvalue weighted by molar-refractivity contribution is 9.10. The quantitative estimate of drug-likeness (QED) is 0.856. The van der Waals surface area contributed by atoms with E-state index in [0.29, 0.717) is 16.4 Å². The number of aromatic nitrogens is 2. The van der Waals surface area contributed by atoms with Gasteiger partial charge in [0.25, 0.3) is 0 Å². The molecule has 106 valence electrons. The second kappa shape index (κ2) is 5.85. The fourth-order valence-electron chi connectivity index (χ4n) is 1.77. The summed E-state index contributed by atoms with van der Waals surface area (Å²) < 4.78 is 7.51. The number of carbonyl (C=O) groups excluding carboxylic acids is 1. The summed E-state index contributed by atoms with van der Waals surface area (Å²) in [6.45, 7) is 1.81. The zero-order chi connectivity index (χ0) is 14.9. The summed E-state index contributed by atoms with van der Waals surface area (Å²) in [4.78, 5) is 12.0. The molecule has 0 aliphatic rings. The fourth-order valence-corrected chi connectivity index (χ4v) is 2.49. The molecule has 2 N–H and O–H groups in total. The Morgan fingerprint density at radius 3 is 2.80 bits per heavy atom. The molecular formula is C13H13BrClN3O2. The Hall–Kier alpha value is -1.53. The van der Waals surface area contributed by atoms with E-state index in [0.717, 1.165) is 10.0 Å². The van der Waals surface area contributed by atoms with Crippen LogP contribution >= 0.6 is 27.5 Å². The number of esters is 1. The van der Waals surface area contributed by atoms with Crippen LogP contribution in [0.1, 0.15) is 21.7 Å². The van der Waals surface area contributed by atoms with Gasteiger partial charge in [-0.25, -0.2) is 4.79 Å². The number of nitrogen functional groups attached to an aromatic ring is 1. The van der Waals surface area contributed by atoms with Gasteiger partial charge in [0.05, 0.1) is 11.4 Å². The van der Waals surface area contributed by atoms with Crippen molar-refractivity contribution < 1.29 is 9.53 Å². The summed E-state index contributed by atoms with van der Waals surface area (Å²) in [5.74, 6) is -0.524. The first-order chi connectivity index (χ1) is 9.40. The first-order valence-corrected chi connectivity index (χ1v) is 6.97. The zero-order valence-corrected chi connectivity index (χ0v) is 13.3. The average molecular weight is 359 g/mol. The number of anilines is 1. The highest BCUT2D eigenvalue weighted by Gasteiger charge is 2.19. The molecule has 0 amide bonds. The van der Waals surface area contributed by atoms with Crippen molar-refractivity contribution in [1.82, 2.24) is 9.78 Å². The molecule has 0 atom stereocenters. The second-order valence-corrected chi connectivity index (χ2v) is 5.61. The van der Waals surface area contributed by atoms with E-state index in [4.69, 9.17) is 22.1 Å². The molecule has 1 aromatic carbocycles. The van der Waals surface area contributed by atoms with Gasteiger partial charge in [0.15, 0.2) is 5.69 Å². The van der Waals surface area contributed by atoms with Crippen molar-refractivity contribution in [2.24, 2.45) is 7.05 Å². The number of benzene rings is 1. The van der Waals surface area contributed by atoms with Crippen LogP contribution in [0.2, 0.25) is 5.02 Å². The SMILES string of the molecule is Cc1nn(C)c(C(=O)OCc2ccc(Br)cc2Cl)c1N. The number of hydrogen-bond donors (Lipinski definition) is 1. The van der Waals surface area contributed by atoms with Gasteiger partial charge in [-0.05, 0) is 19.1 Å². The van der Waals surface area contributed by atoms with Crippen molar-refractivity contribution in [3.05, 3.63) is 44.6 Å². The summed E-state index contributed by atoms with van der Waals surface area (Å²) in [7, 11) is 1.65. The Kier molecular flexibility index (Phi) is 4.35. The van der Waals surface area contributed by atoms with Gasteiger partial charge in [-0.15, -0.1) is 0 Å². The molecule has 0 aliphatic carbocycles. The van der Waals surface area contributed by atoms with E-state index in [1.54, 1.807) is 26.1 Å². The minimum Gasteiger partial charge on any atom is -0.456 e. The van der Waals surface area contributed by atoms with E-state index in [1.165, 1.54) is 4.68 Å². The highest BCUT2D eigenvalue weighted by Crippen LogP contribution is 2.23. The van der Waals surface area contributed by atoms with Crippen LogP contribution < -0.4 is 5.73 Å². The van der Waals surface area contributed by atoms with E-state index in [-0.39, 0.29) is 12.3 Å². The van der Waals surface area contributed by atoms with Crippen LogP contribution in [-0.2, 0) is 18.4 Å². The number of aryl methyl sites for hydroxylation is 2. The lowest BCUT2D eigenvalue weighted by atomic mass is 10.2. The van der Waals surface area contributed by atoms with Crippen molar-refractivity contribution in [3.63, 3.8) is 0 Å². The molecule has 0 unspecified atom stereocenters. The molecule has 0 fully saturated rings. The van der Waals surface area contributed by atoms with Gasteiger partial charge < -0.3 is 10.5 Å². The monoisotopic (exact) mass is 357 g/mol. The van der Waals surface area contributed by atoms with Crippen LogP contribution in [-0.4, -0.2) is 15.7 Å². The van der Waals surface area contributed by atoms with Crippen molar-refractivity contribution in [2.75, 3.05) is 5.73 Å². The molecule has 1 heterocycles. The van der Waals surface area contributed by atoms with E-state index in [2.05, 4.69) is 21.0 Å². The Labute approximate surface area is 129 Å². The summed E-state index contributed by atoms with van der Waals surface area (Å²) >= 11 is 9.38. The molecule has 2 aromatic rings. The number of nitrogens with zero attached hydrogens (tertiary/aromatic N) is 2. The predicted octanol–water partition coefficient (Wildman–Crippen LogP) is 3.08. The standard InChI is InChI=1S/C13H13BrClN3O2/c1-7-11(16)12(18(2)17-7)13(19)20-6-8-3-4-9(14)5-10(8)15/h3-5H,6,16H2,1-2H3. The number of carbonyl (C=O) groups is 1. The van der Waals surface area contributed by atoms with Crippen molar-refractivity contribution in [3.8, 4) is 0 Å². The first kappa shape index (κ1) is 14.9. The van der Waals surface area contributed by atoms with Gasteiger partial charge in [0, 0.05) is 22.1 Å². The lowest BCUT2D eigenvalue weighted by Crippen LogP contribution is -2.12. The fraction of sp³-hybridized carbons (Fsp3) is 0.231. The van der Waals surface area contributed by atoms with Crippen LogP contribution in [0.5, 0.6) is 0 Å². The molecule has 20 heavy (non-hydrogen) atoms. The number of halogens is 2. The Morgan fingerprint density at radius 2 is 2.25 bits per heavy atom. The molecule has 1 aromatic heterocycles. The van der Waals surface area contributed by atoms with Crippen LogP contribution in [0.15, 0.2) is 22.7 Å². The lowest BCUT2D eigenvalue weighted by molar-refractivity contribution is 0.0461. The number of nitrogens with two attached hydrogens (primary N) is 1. The minimum absolute atomic E-state index is 0.0780. The van der Waals surface area contributed by atoms with Gasteiger partial charge in [0.2, 0.25) is 0 Å². The largest absolute Gasteiger partial charge is 0.456 e. The third-order valence-corrected chi connectivity index (χ3v) is 3.68. The Morgan fingerprint density at radius 1 is 1.55 bits per heavy atom.